The van der Waals surface area contributed by atoms with Gasteiger partial charge >= 0.3 is 0 Å². The monoisotopic (exact) mass is 244 g/mol. The van der Waals surface area contributed by atoms with Crippen molar-refractivity contribution in [2.24, 2.45) is 5.84 Å². The van der Waals surface area contributed by atoms with Gasteiger partial charge in [0.2, 0.25) is 0 Å². The number of rotatable bonds is 4. The highest BCUT2D eigenvalue weighted by atomic mass is 16.3. The summed E-state index contributed by atoms with van der Waals surface area (Å²) in [6.07, 6.45) is 0.859. The van der Waals surface area contributed by atoms with Crippen molar-refractivity contribution >= 4 is 0 Å². The molecular formula is C15H20N2O. The minimum atomic E-state index is 0.0878. The number of nitrogens with two attached hydrogens (primary N) is 1. The minimum absolute atomic E-state index is 0.0878. The fraction of sp³-hybridized carbons (Fsp3) is 0.333. The SMILES string of the molecule is Cc1oc(C)c(C(Cc2ccccc2)NN)c1C. The second-order valence-corrected chi connectivity index (χ2v) is 4.66. The second kappa shape index (κ2) is 5.38. The topological polar surface area (TPSA) is 51.2 Å². The predicted octanol–water partition coefficient (Wildman–Crippen LogP) is 2.95. The highest BCUT2D eigenvalue weighted by molar-refractivity contribution is 5.35. The van der Waals surface area contributed by atoms with Crippen molar-refractivity contribution in [2.75, 3.05) is 0 Å². The normalized spacial score (nSPS) is 12.7. The maximum Gasteiger partial charge on any atom is 0.106 e. The first-order valence-electron chi connectivity index (χ1n) is 6.20. The van der Waals surface area contributed by atoms with Crippen LogP contribution in [0.1, 0.15) is 34.3 Å². The van der Waals surface area contributed by atoms with E-state index in [0.29, 0.717) is 0 Å². The van der Waals surface area contributed by atoms with Gasteiger partial charge in [-0.3, -0.25) is 11.3 Å². The maximum absolute atomic E-state index is 5.71. The molecule has 2 rings (SSSR count). The molecule has 1 heterocycles. The van der Waals surface area contributed by atoms with Crippen LogP contribution in [0.4, 0.5) is 0 Å². The molecular weight excluding hydrogens is 224 g/mol. The third kappa shape index (κ3) is 2.47. The molecule has 3 N–H and O–H groups in total. The lowest BCUT2D eigenvalue weighted by atomic mass is 9.96. The highest BCUT2D eigenvalue weighted by Gasteiger charge is 2.20. The summed E-state index contributed by atoms with van der Waals surface area (Å²) >= 11 is 0. The van der Waals surface area contributed by atoms with E-state index in [1.807, 2.05) is 32.0 Å². The van der Waals surface area contributed by atoms with Crippen LogP contribution in [-0.2, 0) is 6.42 Å². The van der Waals surface area contributed by atoms with Crippen LogP contribution in [0.3, 0.4) is 0 Å². The number of furan rings is 1. The van der Waals surface area contributed by atoms with Gasteiger partial charge in [-0.2, -0.15) is 0 Å². The molecule has 1 atom stereocenters. The molecule has 0 aliphatic heterocycles. The molecule has 0 spiro atoms. The van der Waals surface area contributed by atoms with Crippen molar-refractivity contribution in [1.82, 2.24) is 5.43 Å². The predicted molar refractivity (Wildman–Crippen MR) is 73.1 cm³/mol. The Morgan fingerprint density at radius 2 is 1.78 bits per heavy atom. The first-order chi connectivity index (χ1) is 8.63. The van der Waals surface area contributed by atoms with E-state index in [1.165, 1.54) is 16.7 Å². The van der Waals surface area contributed by atoms with Crippen molar-refractivity contribution in [1.29, 1.82) is 0 Å². The number of hydrazine groups is 1. The molecule has 0 radical (unpaired) electrons. The molecule has 3 nitrogen and oxygen atoms in total. The Labute approximate surface area is 108 Å². The summed E-state index contributed by atoms with van der Waals surface area (Å²) in [4.78, 5) is 0. The summed E-state index contributed by atoms with van der Waals surface area (Å²) in [5.74, 6) is 7.62. The Balaban J connectivity index is 2.29. The van der Waals surface area contributed by atoms with Crippen LogP contribution in [0.25, 0.3) is 0 Å². The van der Waals surface area contributed by atoms with Crippen molar-refractivity contribution in [3.63, 3.8) is 0 Å². The van der Waals surface area contributed by atoms with Crippen LogP contribution >= 0.6 is 0 Å². The van der Waals surface area contributed by atoms with E-state index in [-0.39, 0.29) is 6.04 Å². The van der Waals surface area contributed by atoms with E-state index in [9.17, 15) is 0 Å². The van der Waals surface area contributed by atoms with Crippen LogP contribution in [0.15, 0.2) is 34.7 Å². The van der Waals surface area contributed by atoms with Crippen LogP contribution in [0, 0.1) is 20.8 Å². The molecule has 1 aromatic carbocycles. The molecule has 1 unspecified atom stereocenters. The van der Waals surface area contributed by atoms with Gasteiger partial charge < -0.3 is 4.42 Å². The Hall–Kier alpha value is -1.58. The van der Waals surface area contributed by atoms with E-state index < -0.39 is 0 Å². The number of nitrogens with one attached hydrogen (secondary N) is 1. The van der Waals surface area contributed by atoms with Gasteiger partial charge in [-0.05, 0) is 38.3 Å². The van der Waals surface area contributed by atoms with Crippen molar-refractivity contribution in [3.05, 3.63) is 58.5 Å². The Morgan fingerprint density at radius 1 is 1.11 bits per heavy atom. The summed E-state index contributed by atoms with van der Waals surface area (Å²) in [5.41, 5.74) is 6.53. The van der Waals surface area contributed by atoms with Crippen molar-refractivity contribution in [2.45, 2.75) is 33.2 Å². The van der Waals surface area contributed by atoms with Gasteiger partial charge in [-0.15, -0.1) is 0 Å². The molecule has 3 heteroatoms. The lowest BCUT2D eigenvalue weighted by molar-refractivity contribution is 0.484. The van der Waals surface area contributed by atoms with Crippen LogP contribution in [-0.4, -0.2) is 0 Å². The second-order valence-electron chi connectivity index (χ2n) is 4.66. The fourth-order valence-corrected chi connectivity index (χ4v) is 2.42. The lowest BCUT2D eigenvalue weighted by Crippen LogP contribution is -2.30. The smallest absolute Gasteiger partial charge is 0.106 e. The number of benzene rings is 1. The quantitative estimate of drug-likeness (QED) is 0.642. The Kier molecular flexibility index (Phi) is 3.84. The summed E-state index contributed by atoms with van der Waals surface area (Å²) < 4.78 is 5.67. The summed E-state index contributed by atoms with van der Waals surface area (Å²) in [6.45, 7) is 6.06. The number of hydrogen-bond donors (Lipinski definition) is 2. The first kappa shape index (κ1) is 12.9. The Bertz CT molecular complexity index is 517. The van der Waals surface area contributed by atoms with E-state index in [4.69, 9.17) is 10.3 Å². The van der Waals surface area contributed by atoms with E-state index >= 15 is 0 Å². The van der Waals surface area contributed by atoms with E-state index in [1.54, 1.807) is 0 Å². The zero-order valence-corrected chi connectivity index (χ0v) is 11.2. The van der Waals surface area contributed by atoms with Crippen LogP contribution < -0.4 is 11.3 Å². The van der Waals surface area contributed by atoms with Gasteiger partial charge in [-0.1, -0.05) is 30.3 Å². The third-order valence-electron chi connectivity index (χ3n) is 3.45. The van der Waals surface area contributed by atoms with Crippen LogP contribution in [0.5, 0.6) is 0 Å². The van der Waals surface area contributed by atoms with Gasteiger partial charge in [0.15, 0.2) is 0 Å². The molecule has 0 amide bonds. The van der Waals surface area contributed by atoms with Gasteiger partial charge in [0.05, 0.1) is 6.04 Å². The van der Waals surface area contributed by atoms with Crippen molar-refractivity contribution < 1.29 is 4.42 Å². The molecule has 0 aliphatic rings. The van der Waals surface area contributed by atoms with Crippen molar-refractivity contribution in [3.8, 4) is 0 Å². The molecule has 1 aromatic heterocycles. The van der Waals surface area contributed by atoms with Gasteiger partial charge in [0.1, 0.15) is 11.5 Å². The van der Waals surface area contributed by atoms with E-state index in [2.05, 4.69) is 24.5 Å². The standard InChI is InChI=1S/C15H20N2O/c1-10-11(2)18-12(3)15(10)14(17-16)9-13-7-5-4-6-8-13/h4-8,14,17H,9,16H2,1-3H3. The lowest BCUT2D eigenvalue weighted by Gasteiger charge is -2.16. The maximum atomic E-state index is 5.71. The van der Waals surface area contributed by atoms with Gasteiger partial charge in [0.25, 0.3) is 0 Å². The minimum Gasteiger partial charge on any atom is -0.466 e. The number of aryl methyl sites for hydroxylation is 2. The summed E-state index contributed by atoms with van der Waals surface area (Å²) in [7, 11) is 0. The van der Waals surface area contributed by atoms with Gasteiger partial charge in [-0.25, -0.2) is 0 Å². The average molecular weight is 244 g/mol. The molecule has 0 aliphatic carbocycles. The zero-order chi connectivity index (χ0) is 13.1. The average Bonchev–Trinajstić information content (AvgIpc) is 2.62. The highest BCUT2D eigenvalue weighted by Crippen LogP contribution is 2.28. The fourth-order valence-electron chi connectivity index (χ4n) is 2.42. The van der Waals surface area contributed by atoms with Gasteiger partial charge in [0, 0.05) is 5.56 Å². The number of hydrogen-bond acceptors (Lipinski definition) is 3. The molecule has 0 saturated carbocycles. The van der Waals surface area contributed by atoms with Crippen LogP contribution in [0.2, 0.25) is 0 Å². The summed E-state index contributed by atoms with van der Waals surface area (Å²) in [5, 5.41) is 0. The molecule has 0 bridgehead atoms. The third-order valence-corrected chi connectivity index (χ3v) is 3.45. The molecule has 0 fully saturated rings. The van der Waals surface area contributed by atoms with E-state index in [0.717, 1.165) is 17.9 Å². The molecule has 96 valence electrons. The zero-order valence-electron chi connectivity index (χ0n) is 11.2. The molecule has 18 heavy (non-hydrogen) atoms. The molecule has 2 aromatic rings. The largest absolute Gasteiger partial charge is 0.466 e. The molecule has 0 saturated heterocycles. The first-order valence-corrected chi connectivity index (χ1v) is 6.20. The summed E-state index contributed by atoms with van der Waals surface area (Å²) in [6, 6.07) is 10.4. The Morgan fingerprint density at radius 3 is 2.28 bits per heavy atom.